The molecule has 0 amide bonds. The van der Waals surface area contributed by atoms with Crippen molar-refractivity contribution in [3.63, 3.8) is 0 Å². The minimum Gasteiger partial charge on any atom is -0.426 e. The van der Waals surface area contributed by atoms with Crippen molar-refractivity contribution in [3.8, 4) is 0 Å². The third-order valence-corrected chi connectivity index (χ3v) is 6.15. The van der Waals surface area contributed by atoms with Crippen LogP contribution in [0.15, 0.2) is 0 Å². The van der Waals surface area contributed by atoms with Crippen molar-refractivity contribution >= 4 is 7.12 Å². The van der Waals surface area contributed by atoms with Crippen LogP contribution in [-0.2, 0) is 4.65 Å². The number of aliphatic hydroxyl groups excluding tert-OH is 1. The zero-order chi connectivity index (χ0) is 13.8. The summed E-state index contributed by atoms with van der Waals surface area (Å²) in [7, 11) is -0.810. The van der Waals surface area contributed by atoms with Crippen LogP contribution < -0.4 is 5.32 Å². The lowest BCUT2D eigenvalue weighted by Gasteiger charge is -2.66. The Morgan fingerprint density at radius 3 is 2.58 bits per heavy atom. The van der Waals surface area contributed by atoms with Gasteiger partial charge in [-0.3, -0.25) is 0 Å². The summed E-state index contributed by atoms with van der Waals surface area (Å²) in [6, 6.07) is 0. The van der Waals surface area contributed by atoms with E-state index in [0.29, 0.717) is 11.8 Å². The van der Waals surface area contributed by atoms with Gasteiger partial charge >= 0.3 is 7.12 Å². The predicted octanol–water partition coefficient (Wildman–Crippen LogP) is 0.960. The molecule has 19 heavy (non-hydrogen) atoms. The van der Waals surface area contributed by atoms with Crippen LogP contribution in [0.25, 0.3) is 0 Å². The van der Waals surface area contributed by atoms with E-state index in [4.69, 9.17) is 4.65 Å². The molecule has 0 spiro atoms. The summed E-state index contributed by atoms with van der Waals surface area (Å²) >= 11 is 0. The van der Waals surface area contributed by atoms with Gasteiger partial charge in [-0.1, -0.05) is 13.8 Å². The van der Waals surface area contributed by atoms with Gasteiger partial charge in [0, 0.05) is 5.94 Å². The van der Waals surface area contributed by atoms with E-state index in [1.54, 1.807) is 0 Å². The Balaban J connectivity index is 1.73. The van der Waals surface area contributed by atoms with Crippen molar-refractivity contribution in [1.29, 1.82) is 0 Å². The summed E-state index contributed by atoms with van der Waals surface area (Å²) in [4.78, 5) is 0. The predicted molar refractivity (Wildman–Crippen MR) is 74.5 cm³/mol. The molecule has 1 aliphatic heterocycles. The molecule has 108 valence electrons. The van der Waals surface area contributed by atoms with Gasteiger partial charge in [-0.2, -0.15) is 0 Å². The molecule has 3 aliphatic carbocycles. The molecule has 4 nitrogen and oxygen atoms in total. The molecule has 4 rings (SSSR count). The highest BCUT2D eigenvalue weighted by Crippen LogP contribution is 2.63. The van der Waals surface area contributed by atoms with Gasteiger partial charge in [-0.15, -0.1) is 0 Å². The first-order valence-electron chi connectivity index (χ1n) is 7.63. The molecule has 4 aliphatic rings. The Kier molecular flexibility index (Phi) is 3.25. The van der Waals surface area contributed by atoms with E-state index in [1.807, 2.05) is 6.92 Å². The Morgan fingerprint density at radius 2 is 2.00 bits per heavy atom. The summed E-state index contributed by atoms with van der Waals surface area (Å²) in [5, 5.41) is 24.0. The van der Waals surface area contributed by atoms with E-state index in [2.05, 4.69) is 19.2 Å². The molecule has 0 radical (unpaired) electrons. The van der Waals surface area contributed by atoms with Crippen LogP contribution in [0.3, 0.4) is 0 Å². The lowest BCUT2D eigenvalue weighted by atomic mass is 9.43. The molecule has 5 heteroatoms. The second-order valence-corrected chi connectivity index (χ2v) is 7.45. The van der Waals surface area contributed by atoms with Crippen LogP contribution in [-0.4, -0.2) is 41.4 Å². The van der Waals surface area contributed by atoms with Gasteiger partial charge in [0.25, 0.3) is 0 Å². The molecule has 0 unspecified atom stereocenters. The molecule has 1 heterocycles. The summed E-state index contributed by atoms with van der Waals surface area (Å²) in [5.74, 6) is 0.959. The SMILES string of the molecule is CC1(C)[C@@H]2C[C@@H](O)[C@@](C)(OB(O)[C@@H]3CCCN3)[C@H]1C2. The number of aliphatic hydroxyl groups is 1. The second-order valence-electron chi connectivity index (χ2n) is 7.45. The van der Waals surface area contributed by atoms with E-state index < -0.39 is 18.8 Å². The number of hydrogen-bond donors (Lipinski definition) is 3. The molecule has 1 saturated heterocycles. The van der Waals surface area contributed by atoms with Crippen LogP contribution in [0.2, 0.25) is 0 Å². The minimum absolute atomic E-state index is 0.0185. The molecule has 3 N–H and O–H groups in total. The third-order valence-electron chi connectivity index (χ3n) is 6.15. The van der Waals surface area contributed by atoms with Crippen molar-refractivity contribution < 1.29 is 14.8 Å². The Hall–Kier alpha value is -0.0951. The number of fused-ring (bicyclic) bond motifs is 2. The van der Waals surface area contributed by atoms with Crippen LogP contribution in [0, 0.1) is 17.3 Å². The molecule has 3 saturated carbocycles. The molecule has 0 aromatic rings. The highest BCUT2D eigenvalue weighted by atomic mass is 16.5. The van der Waals surface area contributed by atoms with Gasteiger partial charge in [-0.05, 0) is 56.4 Å². The van der Waals surface area contributed by atoms with Gasteiger partial charge in [-0.25, -0.2) is 0 Å². The number of hydrogen-bond acceptors (Lipinski definition) is 4. The van der Waals surface area contributed by atoms with Gasteiger partial charge in [0.15, 0.2) is 0 Å². The average molecular weight is 267 g/mol. The fraction of sp³-hybridized carbons (Fsp3) is 1.00. The van der Waals surface area contributed by atoms with Gasteiger partial charge in [0.05, 0.1) is 11.7 Å². The zero-order valence-electron chi connectivity index (χ0n) is 12.2. The van der Waals surface area contributed by atoms with Gasteiger partial charge in [0.1, 0.15) is 0 Å². The Bertz CT molecular complexity index is 359. The van der Waals surface area contributed by atoms with E-state index in [9.17, 15) is 10.1 Å². The summed E-state index contributed by atoms with van der Waals surface area (Å²) in [6.45, 7) is 7.46. The van der Waals surface area contributed by atoms with E-state index in [1.165, 1.54) is 0 Å². The summed E-state index contributed by atoms with van der Waals surface area (Å²) < 4.78 is 6.00. The van der Waals surface area contributed by atoms with Gasteiger partial charge < -0.3 is 20.1 Å². The van der Waals surface area contributed by atoms with Crippen LogP contribution in [0.1, 0.15) is 46.5 Å². The van der Waals surface area contributed by atoms with Crippen molar-refractivity contribution in [2.24, 2.45) is 17.3 Å². The van der Waals surface area contributed by atoms with Gasteiger partial charge in [0.2, 0.25) is 0 Å². The fourth-order valence-electron chi connectivity index (χ4n) is 4.58. The second kappa shape index (κ2) is 4.45. The first kappa shape index (κ1) is 13.9. The molecular formula is C14H26BNO3. The topological polar surface area (TPSA) is 61.7 Å². The monoisotopic (exact) mass is 267 g/mol. The van der Waals surface area contributed by atoms with E-state index in [-0.39, 0.29) is 11.4 Å². The van der Waals surface area contributed by atoms with Crippen LogP contribution in [0.5, 0.6) is 0 Å². The van der Waals surface area contributed by atoms with Crippen molar-refractivity contribution in [3.05, 3.63) is 0 Å². The summed E-state index contributed by atoms with van der Waals surface area (Å²) in [5.41, 5.74) is -0.390. The maximum Gasteiger partial charge on any atom is 0.472 e. The first-order chi connectivity index (χ1) is 8.85. The van der Waals surface area contributed by atoms with Crippen LogP contribution in [0.4, 0.5) is 0 Å². The minimum atomic E-state index is -0.810. The molecule has 0 aromatic heterocycles. The van der Waals surface area contributed by atoms with Crippen molar-refractivity contribution in [1.82, 2.24) is 5.32 Å². The Morgan fingerprint density at radius 1 is 1.26 bits per heavy atom. The number of nitrogens with one attached hydrogen (secondary N) is 1. The molecular weight excluding hydrogens is 241 g/mol. The quantitative estimate of drug-likeness (QED) is 0.666. The smallest absolute Gasteiger partial charge is 0.426 e. The lowest BCUT2D eigenvalue weighted by Crippen LogP contribution is -2.69. The molecule has 2 bridgehead atoms. The molecule has 0 aromatic carbocycles. The van der Waals surface area contributed by atoms with Crippen LogP contribution >= 0.6 is 0 Å². The average Bonchev–Trinajstić information content (AvgIpc) is 2.85. The molecule has 4 fully saturated rings. The normalized spacial score (nSPS) is 47.8. The highest BCUT2D eigenvalue weighted by molar-refractivity contribution is 6.45. The maximum atomic E-state index is 10.4. The Labute approximate surface area is 116 Å². The lowest BCUT2D eigenvalue weighted by molar-refractivity contribution is -0.239. The molecule has 5 atom stereocenters. The first-order valence-corrected chi connectivity index (χ1v) is 7.63. The fourth-order valence-corrected chi connectivity index (χ4v) is 4.58. The maximum absolute atomic E-state index is 10.4. The highest BCUT2D eigenvalue weighted by Gasteiger charge is 2.64. The van der Waals surface area contributed by atoms with Crippen molar-refractivity contribution in [2.45, 2.75) is 64.1 Å². The largest absolute Gasteiger partial charge is 0.472 e. The van der Waals surface area contributed by atoms with Crippen molar-refractivity contribution in [2.75, 3.05) is 6.54 Å². The van der Waals surface area contributed by atoms with E-state index >= 15 is 0 Å². The zero-order valence-corrected chi connectivity index (χ0v) is 12.2. The summed E-state index contributed by atoms with van der Waals surface area (Å²) in [6.07, 6.45) is 3.49. The van der Waals surface area contributed by atoms with E-state index in [0.717, 1.165) is 32.2 Å². The third kappa shape index (κ3) is 1.97. The standard InChI is InChI=1S/C14H26BNO3/c1-13(2)9-7-10(13)14(3,11(17)8-9)19-15(18)12-5-4-6-16-12/h9-12,16-18H,4-8H2,1-3H3/t9-,10-,11+,12-,14-/m0/s1. The number of rotatable bonds is 3.